The summed E-state index contributed by atoms with van der Waals surface area (Å²) in [6.07, 6.45) is 91.8. The molecular formula is C77H151NO5. The Labute approximate surface area is 520 Å². The van der Waals surface area contributed by atoms with Crippen molar-refractivity contribution in [1.29, 1.82) is 0 Å². The van der Waals surface area contributed by atoms with E-state index in [2.05, 4.69) is 31.3 Å². The molecule has 2 atom stereocenters. The summed E-state index contributed by atoms with van der Waals surface area (Å²) in [6, 6.07) is -0.535. The van der Waals surface area contributed by atoms with Gasteiger partial charge in [-0.25, -0.2) is 0 Å². The van der Waals surface area contributed by atoms with Gasteiger partial charge >= 0.3 is 5.97 Å². The first-order chi connectivity index (χ1) is 41.0. The van der Waals surface area contributed by atoms with Gasteiger partial charge in [0.25, 0.3) is 0 Å². The van der Waals surface area contributed by atoms with E-state index in [1.807, 2.05) is 0 Å². The molecule has 0 aromatic rings. The van der Waals surface area contributed by atoms with Gasteiger partial charge in [-0.1, -0.05) is 392 Å². The van der Waals surface area contributed by atoms with Crippen LogP contribution in [-0.2, 0) is 14.3 Å². The Kier molecular flexibility index (Phi) is 71.8. The van der Waals surface area contributed by atoms with Crippen molar-refractivity contribution in [2.24, 2.45) is 0 Å². The van der Waals surface area contributed by atoms with Gasteiger partial charge in [0, 0.05) is 12.8 Å². The Morgan fingerprint density at radius 3 is 0.855 bits per heavy atom. The van der Waals surface area contributed by atoms with E-state index in [9.17, 15) is 19.8 Å². The Balaban J connectivity index is 3.27. The van der Waals surface area contributed by atoms with Gasteiger partial charge in [-0.2, -0.15) is 0 Å². The summed E-state index contributed by atoms with van der Waals surface area (Å²) >= 11 is 0. The number of rotatable bonds is 73. The van der Waals surface area contributed by atoms with Crippen LogP contribution in [-0.4, -0.2) is 47.4 Å². The molecule has 0 spiro atoms. The number of esters is 1. The van der Waals surface area contributed by atoms with Gasteiger partial charge in [-0.05, 0) is 51.4 Å². The highest BCUT2D eigenvalue weighted by Gasteiger charge is 2.20. The number of carbonyl (C=O) groups is 2. The molecule has 0 aliphatic carbocycles. The van der Waals surface area contributed by atoms with Crippen molar-refractivity contribution in [3.8, 4) is 0 Å². The first kappa shape index (κ1) is 81.6. The predicted molar refractivity (Wildman–Crippen MR) is 366 cm³/mol. The molecule has 0 aliphatic heterocycles. The molecule has 83 heavy (non-hydrogen) atoms. The third-order valence-electron chi connectivity index (χ3n) is 18.3. The molecule has 0 bridgehead atoms. The summed E-state index contributed by atoms with van der Waals surface area (Å²) in [7, 11) is 0. The minimum atomic E-state index is -0.658. The van der Waals surface area contributed by atoms with Crippen LogP contribution in [0.3, 0.4) is 0 Å². The van der Waals surface area contributed by atoms with E-state index in [4.69, 9.17) is 4.74 Å². The van der Waals surface area contributed by atoms with E-state index in [0.29, 0.717) is 25.9 Å². The number of amides is 1. The molecule has 3 N–H and O–H groups in total. The van der Waals surface area contributed by atoms with Crippen molar-refractivity contribution in [3.05, 3.63) is 12.2 Å². The van der Waals surface area contributed by atoms with E-state index >= 15 is 0 Å². The first-order valence-electron chi connectivity index (χ1n) is 38.4. The van der Waals surface area contributed by atoms with Crippen LogP contribution < -0.4 is 5.32 Å². The summed E-state index contributed by atoms with van der Waals surface area (Å²) in [4.78, 5) is 24.6. The standard InChI is InChI=1S/C77H151NO5/c1-3-5-7-9-11-13-14-15-16-17-42-45-48-51-55-59-63-67-71-77(82)83-72-68-64-60-56-52-49-46-43-40-38-36-34-32-30-28-26-24-22-20-18-19-21-23-25-27-29-31-33-35-37-39-41-44-47-50-54-58-62-66-70-76(81)78-74(73-79)75(80)69-65-61-57-53-12-10-8-6-4-2/h18-19,74-75,79-80H,3-17,20-73H2,1-2H3,(H,78,81)/b19-18-. The molecule has 0 saturated carbocycles. The minimum absolute atomic E-state index is 0.0279. The van der Waals surface area contributed by atoms with E-state index < -0.39 is 12.1 Å². The molecular weight excluding hydrogens is 1020 g/mol. The molecule has 0 rings (SSSR count). The van der Waals surface area contributed by atoms with Gasteiger partial charge in [-0.15, -0.1) is 0 Å². The fourth-order valence-electron chi connectivity index (χ4n) is 12.5. The quantitative estimate of drug-likeness (QED) is 0.0320. The van der Waals surface area contributed by atoms with Crippen LogP contribution in [0.4, 0.5) is 0 Å². The average Bonchev–Trinajstić information content (AvgIpc) is 3.49. The number of ether oxygens (including phenoxy) is 1. The lowest BCUT2D eigenvalue weighted by Gasteiger charge is -2.22. The smallest absolute Gasteiger partial charge is 0.305 e. The Hall–Kier alpha value is -1.40. The van der Waals surface area contributed by atoms with Crippen molar-refractivity contribution in [3.63, 3.8) is 0 Å². The molecule has 0 heterocycles. The maximum atomic E-state index is 12.4. The fourth-order valence-corrected chi connectivity index (χ4v) is 12.5. The topological polar surface area (TPSA) is 95.9 Å². The van der Waals surface area contributed by atoms with E-state index in [1.54, 1.807) is 0 Å². The summed E-state index contributed by atoms with van der Waals surface area (Å²) in [5, 5.41) is 23.2. The lowest BCUT2D eigenvalue weighted by molar-refractivity contribution is -0.143. The van der Waals surface area contributed by atoms with Gasteiger partial charge in [0.2, 0.25) is 5.91 Å². The highest BCUT2D eigenvalue weighted by Crippen LogP contribution is 2.20. The van der Waals surface area contributed by atoms with Crippen LogP contribution >= 0.6 is 0 Å². The van der Waals surface area contributed by atoms with Crippen LogP contribution in [0.1, 0.15) is 444 Å². The van der Waals surface area contributed by atoms with Crippen molar-refractivity contribution in [2.45, 2.75) is 456 Å². The third kappa shape index (κ3) is 69.6. The highest BCUT2D eigenvalue weighted by molar-refractivity contribution is 5.76. The second-order valence-corrected chi connectivity index (χ2v) is 26.7. The molecule has 0 saturated heterocycles. The van der Waals surface area contributed by atoms with Gasteiger partial charge in [0.1, 0.15) is 0 Å². The van der Waals surface area contributed by atoms with Crippen molar-refractivity contribution in [2.75, 3.05) is 13.2 Å². The molecule has 2 unspecified atom stereocenters. The van der Waals surface area contributed by atoms with Gasteiger partial charge in [0.15, 0.2) is 0 Å². The van der Waals surface area contributed by atoms with Crippen LogP contribution in [0.2, 0.25) is 0 Å². The van der Waals surface area contributed by atoms with E-state index in [0.717, 1.165) is 38.5 Å². The maximum absolute atomic E-state index is 12.4. The Morgan fingerprint density at radius 1 is 0.325 bits per heavy atom. The van der Waals surface area contributed by atoms with Crippen molar-refractivity contribution >= 4 is 11.9 Å². The average molecular weight is 1170 g/mol. The SMILES string of the molecule is CCCCCCCCCCCCCCCCCCCCC(=O)OCCCCCCCCCCCCCCCCCCCC/C=C\CCCCCCCCCCCCCCCCCCCC(=O)NC(CO)C(O)CCCCCCCCCCC. The molecule has 0 aromatic heterocycles. The van der Waals surface area contributed by atoms with Gasteiger partial charge in [-0.3, -0.25) is 9.59 Å². The zero-order valence-electron chi connectivity index (χ0n) is 56.7. The largest absolute Gasteiger partial charge is 0.466 e. The molecule has 1 amide bonds. The predicted octanol–water partition coefficient (Wildman–Crippen LogP) is 25.1. The second-order valence-electron chi connectivity index (χ2n) is 26.7. The highest BCUT2D eigenvalue weighted by atomic mass is 16.5. The van der Waals surface area contributed by atoms with Crippen LogP contribution in [0.25, 0.3) is 0 Å². The number of hydrogen-bond acceptors (Lipinski definition) is 5. The number of allylic oxidation sites excluding steroid dienone is 2. The second kappa shape index (κ2) is 73.1. The molecule has 0 aliphatic rings. The van der Waals surface area contributed by atoms with Crippen LogP contribution in [0.5, 0.6) is 0 Å². The summed E-state index contributed by atoms with van der Waals surface area (Å²) in [5.74, 6) is -0.00278. The summed E-state index contributed by atoms with van der Waals surface area (Å²) < 4.78 is 5.52. The zero-order valence-corrected chi connectivity index (χ0v) is 56.7. The molecule has 6 nitrogen and oxygen atoms in total. The monoisotopic (exact) mass is 1170 g/mol. The van der Waals surface area contributed by atoms with Gasteiger partial charge in [0.05, 0.1) is 25.4 Å². The number of carbonyl (C=O) groups excluding carboxylic acids is 2. The first-order valence-corrected chi connectivity index (χ1v) is 38.4. The van der Waals surface area contributed by atoms with E-state index in [1.165, 1.54) is 372 Å². The van der Waals surface area contributed by atoms with Crippen LogP contribution in [0, 0.1) is 0 Å². The number of unbranched alkanes of at least 4 members (excludes halogenated alkanes) is 60. The fraction of sp³-hybridized carbons (Fsp3) is 0.948. The maximum Gasteiger partial charge on any atom is 0.305 e. The van der Waals surface area contributed by atoms with Crippen molar-refractivity contribution < 1.29 is 24.5 Å². The Morgan fingerprint density at radius 2 is 0.566 bits per heavy atom. The van der Waals surface area contributed by atoms with Crippen molar-refractivity contribution in [1.82, 2.24) is 5.32 Å². The summed E-state index contributed by atoms with van der Waals surface area (Å²) in [5.41, 5.74) is 0. The molecule has 0 radical (unpaired) electrons. The third-order valence-corrected chi connectivity index (χ3v) is 18.3. The molecule has 6 heteroatoms. The number of aliphatic hydroxyl groups excluding tert-OH is 2. The van der Waals surface area contributed by atoms with Gasteiger partial charge < -0.3 is 20.3 Å². The molecule has 0 aromatic carbocycles. The normalized spacial score (nSPS) is 12.5. The lowest BCUT2D eigenvalue weighted by Crippen LogP contribution is -2.45. The number of nitrogens with one attached hydrogen (secondary N) is 1. The number of hydrogen-bond donors (Lipinski definition) is 3. The zero-order chi connectivity index (χ0) is 59.9. The lowest BCUT2D eigenvalue weighted by atomic mass is 10.0. The minimum Gasteiger partial charge on any atom is -0.466 e. The molecule has 0 fully saturated rings. The van der Waals surface area contributed by atoms with Crippen LogP contribution in [0.15, 0.2) is 12.2 Å². The number of aliphatic hydroxyl groups is 2. The summed E-state index contributed by atoms with van der Waals surface area (Å²) in [6.45, 7) is 4.98. The Bertz CT molecular complexity index is 1260. The molecule has 494 valence electrons. The van der Waals surface area contributed by atoms with E-state index in [-0.39, 0.29) is 18.5 Å².